The van der Waals surface area contributed by atoms with Crippen molar-refractivity contribution in [3.05, 3.63) is 29.8 Å². The molecule has 2 atom stereocenters. The highest BCUT2D eigenvalue weighted by atomic mass is 32.2. The SMILES string of the molecule is CCCC(C)Cc1ccc(S(=O)[O-])cc1. The van der Waals surface area contributed by atoms with Crippen LogP contribution in [0.4, 0.5) is 0 Å². The molecule has 1 rings (SSSR count). The third-order valence-corrected chi connectivity index (χ3v) is 3.14. The molecule has 0 spiro atoms. The predicted octanol–water partition coefficient (Wildman–Crippen LogP) is 2.90. The Bertz CT molecular complexity index is 319. The maximum atomic E-state index is 10.6. The van der Waals surface area contributed by atoms with Crippen molar-refractivity contribution in [1.82, 2.24) is 0 Å². The van der Waals surface area contributed by atoms with Crippen molar-refractivity contribution < 1.29 is 8.76 Å². The summed E-state index contributed by atoms with van der Waals surface area (Å²) in [5.74, 6) is 0.665. The largest absolute Gasteiger partial charge is 0.768 e. The summed E-state index contributed by atoms with van der Waals surface area (Å²) in [5.41, 5.74) is 1.21. The zero-order valence-electron chi connectivity index (χ0n) is 9.23. The molecule has 2 nitrogen and oxygen atoms in total. The highest BCUT2D eigenvalue weighted by Crippen LogP contribution is 2.15. The van der Waals surface area contributed by atoms with Crippen LogP contribution >= 0.6 is 0 Å². The maximum Gasteiger partial charge on any atom is 0.0248 e. The molecular weight excluding hydrogens is 208 g/mol. The summed E-state index contributed by atoms with van der Waals surface area (Å²) < 4.78 is 21.3. The highest BCUT2D eigenvalue weighted by Gasteiger charge is 2.02. The second-order valence-corrected chi connectivity index (χ2v) is 4.92. The van der Waals surface area contributed by atoms with Gasteiger partial charge in [0.2, 0.25) is 0 Å². The van der Waals surface area contributed by atoms with E-state index in [1.54, 1.807) is 12.1 Å². The van der Waals surface area contributed by atoms with Gasteiger partial charge in [-0.2, -0.15) is 0 Å². The molecule has 0 bridgehead atoms. The van der Waals surface area contributed by atoms with Crippen LogP contribution in [-0.4, -0.2) is 8.76 Å². The van der Waals surface area contributed by atoms with Crippen LogP contribution in [0, 0.1) is 5.92 Å². The van der Waals surface area contributed by atoms with Crippen molar-refractivity contribution in [3.8, 4) is 0 Å². The van der Waals surface area contributed by atoms with Crippen LogP contribution in [0.5, 0.6) is 0 Å². The second-order valence-electron chi connectivity index (χ2n) is 3.98. The minimum Gasteiger partial charge on any atom is -0.768 e. The van der Waals surface area contributed by atoms with Gasteiger partial charge in [-0.1, -0.05) is 38.8 Å². The molecule has 0 aromatic heterocycles. The molecule has 0 heterocycles. The Kier molecular flexibility index (Phi) is 4.99. The molecule has 1 aromatic carbocycles. The van der Waals surface area contributed by atoms with Crippen LogP contribution in [0.3, 0.4) is 0 Å². The van der Waals surface area contributed by atoms with Crippen LogP contribution in [0.2, 0.25) is 0 Å². The Hall–Kier alpha value is -0.670. The normalized spacial score (nSPS) is 14.9. The average Bonchev–Trinajstić information content (AvgIpc) is 2.18. The third-order valence-electron chi connectivity index (χ3n) is 2.48. The van der Waals surface area contributed by atoms with E-state index < -0.39 is 11.1 Å². The van der Waals surface area contributed by atoms with Gasteiger partial charge in [-0.05, 0) is 41.1 Å². The number of rotatable bonds is 5. The maximum absolute atomic E-state index is 10.6. The van der Waals surface area contributed by atoms with E-state index >= 15 is 0 Å². The van der Waals surface area contributed by atoms with E-state index in [4.69, 9.17) is 0 Å². The monoisotopic (exact) mass is 225 g/mol. The summed E-state index contributed by atoms with van der Waals surface area (Å²) >= 11 is -2.10. The van der Waals surface area contributed by atoms with Gasteiger partial charge in [-0.3, -0.25) is 4.21 Å². The van der Waals surface area contributed by atoms with Crippen molar-refractivity contribution >= 4 is 11.1 Å². The van der Waals surface area contributed by atoms with Crippen LogP contribution in [0.1, 0.15) is 32.3 Å². The van der Waals surface area contributed by atoms with E-state index in [2.05, 4.69) is 13.8 Å². The van der Waals surface area contributed by atoms with Crippen LogP contribution in [-0.2, 0) is 17.5 Å². The fourth-order valence-corrected chi connectivity index (χ4v) is 2.09. The van der Waals surface area contributed by atoms with Crippen molar-refractivity contribution in [1.29, 1.82) is 0 Å². The van der Waals surface area contributed by atoms with Crippen molar-refractivity contribution in [2.45, 2.75) is 38.0 Å². The van der Waals surface area contributed by atoms with Gasteiger partial charge in [-0.25, -0.2) is 0 Å². The minimum atomic E-state index is -2.10. The van der Waals surface area contributed by atoms with Gasteiger partial charge in [0, 0.05) is 4.90 Å². The van der Waals surface area contributed by atoms with Gasteiger partial charge in [-0.15, -0.1) is 0 Å². The fraction of sp³-hybridized carbons (Fsp3) is 0.500. The van der Waals surface area contributed by atoms with E-state index in [1.165, 1.54) is 18.4 Å². The van der Waals surface area contributed by atoms with Crippen molar-refractivity contribution in [2.75, 3.05) is 0 Å². The lowest BCUT2D eigenvalue weighted by molar-refractivity contribution is 0.522. The first-order valence-electron chi connectivity index (χ1n) is 5.31. The molecule has 1 aromatic rings. The lowest BCUT2D eigenvalue weighted by Crippen LogP contribution is -1.99. The van der Waals surface area contributed by atoms with Gasteiger partial charge < -0.3 is 4.55 Å². The highest BCUT2D eigenvalue weighted by molar-refractivity contribution is 7.79. The molecule has 0 N–H and O–H groups in total. The Morgan fingerprint density at radius 3 is 2.40 bits per heavy atom. The van der Waals surface area contributed by atoms with Gasteiger partial charge in [0.25, 0.3) is 0 Å². The molecule has 0 aliphatic carbocycles. The van der Waals surface area contributed by atoms with Crippen molar-refractivity contribution in [2.24, 2.45) is 5.92 Å². The molecule has 0 saturated heterocycles. The molecule has 0 saturated carbocycles. The number of hydrogen-bond donors (Lipinski definition) is 0. The Labute approximate surface area is 94.0 Å². The smallest absolute Gasteiger partial charge is 0.0248 e. The zero-order valence-corrected chi connectivity index (χ0v) is 10.0. The van der Waals surface area contributed by atoms with E-state index in [9.17, 15) is 8.76 Å². The van der Waals surface area contributed by atoms with E-state index in [-0.39, 0.29) is 0 Å². The van der Waals surface area contributed by atoms with Crippen LogP contribution in [0.15, 0.2) is 29.2 Å². The summed E-state index contributed by atoms with van der Waals surface area (Å²) in [7, 11) is 0. The first-order valence-corrected chi connectivity index (χ1v) is 6.39. The lowest BCUT2D eigenvalue weighted by Gasteiger charge is -2.11. The molecule has 0 aliphatic rings. The van der Waals surface area contributed by atoms with E-state index in [0.29, 0.717) is 10.8 Å². The van der Waals surface area contributed by atoms with E-state index in [0.717, 1.165) is 6.42 Å². The van der Waals surface area contributed by atoms with E-state index in [1.807, 2.05) is 12.1 Å². The molecule has 0 fully saturated rings. The molecule has 0 amide bonds. The topological polar surface area (TPSA) is 40.1 Å². The predicted molar refractivity (Wildman–Crippen MR) is 61.4 cm³/mol. The summed E-state index contributed by atoms with van der Waals surface area (Å²) in [5, 5.41) is 0. The summed E-state index contributed by atoms with van der Waals surface area (Å²) in [6.07, 6.45) is 3.44. The molecule has 84 valence electrons. The minimum absolute atomic E-state index is 0.363. The second kappa shape index (κ2) is 6.03. The van der Waals surface area contributed by atoms with Crippen LogP contribution < -0.4 is 0 Å². The Morgan fingerprint density at radius 1 is 1.33 bits per heavy atom. The summed E-state index contributed by atoms with van der Waals surface area (Å²) in [6.45, 7) is 4.41. The molecule has 0 aliphatic heterocycles. The first-order chi connectivity index (χ1) is 7.13. The average molecular weight is 225 g/mol. The standard InChI is InChI=1S/C12H18O2S/c1-3-4-10(2)9-11-5-7-12(8-6-11)15(13)14/h5-8,10H,3-4,9H2,1-2H3,(H,13,14)/p-1. The van der Waals surface area contributed by atoms with Gasteiger partial charge in [0.05, 0.1) is 0 Å². The van der Waals surface area contributed by atoms with Gasteiger partial charge in [0.15, 0.2) is 0 Å². The molecular formula is C12H17O2S-. The first kappa shape index (κ1) is 12.4. The Balaban J connectivity index is 2.60. The lowest BCUT2D eigenvalue weighted by atomic mass is 9.97. The van der Waals surface area contributed by atoms with Gasteiger partial charge in [0.1, 0.15) is 0 Å². The summed E-state index contributed by atoms with van der Waals surface area (Å²) in [4.78, 5) is 0.363. The quantitative estimate of drug-likeness (QED) is 0.723. The van der Waals surface area contributed by atoms with Gasteiger partial charge >= 0.3 is 0 Å². The number of hydrogen-bond acceptors (Lipinski definition) is 2. The van der Waals surface area contributed by atoms with Crippen LogP contribution in [0.25, 0.3) is 0 Å². The molecule has 3 heteroatoms. The summed E-state index contributed by atoms with van der Waals surface area (Å²) in [6, 6.07) is 7.13. The Morgan fingerprint density at radius 2 is 1.93 bits per heavy atom. The molecule has 15 heavy (non-hydrogen) atoms. The fourth-order valence-electron chi connectivity index (χ4n) is 1.73. The number of benzene rings is 1. The zero-order chi connectivity index (χ0) is 11.3. The van der Waals surface area contributed by atoms with Crippen molar-refractivity contribution in [3.63, 3.8) is 0 Å². The third kappa shape index (κ3) is 4.14. The molecule has 0 radical (unpaired) electrons. The molecule has 2 unspecified atom stereocenters.